The highest BCUT2D eigenvalue weighted by molar-refractivity contribution is 7.80. The summed E-state index contributed by atoms with van der Waals surface area (Å²) >= 11 is 4.41. The van der Waals surface area contributed by atoms with Crippen LogP contribution in [-0.2, 0) is 4.79 Å². The Morgan fingerprint density at radius 1 is 1.64 bits per heavy atom. The zero-order valence-corrected chi connectivity index (χ0v) is 9.46. The van der Waals surface area contributed by atoms with Crippen LogP contribution in [0.3, 0.4) is 0 Å². The van der Waals surface area contributed by atoms with Gasteiger partial charge in [0.1, 0.15) is 0 Å². The van der Waals surface area contributed by atoms with E-state index in [1.54, 1.807) is 6.92 Å². The van der Waals surface area contributed by atoms with Gasteiger partial charge in [-0.15, -0.1) is 0 Å². The van der Waals surface area contributed by atoms with Gasteiger partial charge in [-0.25, -0.2) is 0 Å². The van der Waals surface area contributed by atoms with Gasteiger partial charge < -0.3 is 10.4 Å². The molecule has 0 aromatic carbocycles. The van der Waals surface area contributed by atoms with Crippen molar-refractivity contribution in [2.75, 3.05) is 0 Å². The molecule has 1 aliphatic carbocycles. The minimum atomic E-state index is -0.551. The maximum Gasteiger partial charge on any atom is 0.222 e. The average Bonchev–Trinajstić information content (AvgIpc) is 2.01. The molecule has 0 heterocycles. The lowest BCUT2D eigenvalue weighted by Crippen LogP contribution is -2.39. The van der Waals surface area contributed by atoms with Crippen LogP contribution in [0.5, 0.6) is 0 Å². The van der Waals surface area contributed by atoms with E-state index in [0.717, 1.165) is 25.7 Å². The van der Waals surface area contributed by atoms with Gasteiger partial charge in [-0.3, -0.25) is 4.79 Å². The number of thiol groups is 1. The summed E-state index contributed by atoms with van der Waals surface area (Å²) in [7, 11) is 0. The first kappa shape index (κ1) is 11.9. The molecule has 0 aliphatic heterocycles. The smallest absolute Gasteiger partial charge is 0.222 e. The predicted molar refractivity (Wildman–Crippen MR) is 59.5 cm³/mol. The van der Waals surface area contributed by atoms with E-state index in [2.05, 4.69) is 17.9 Å². The van der Waals surface area contributed by atoms with Crippen molar-refractivity contribution in [3.8, 4) is 0 Å². The number of aliphatic hydroxyl groups is 1. The molecule has 3 atom stereocenters. The summed E-state index contributed by atoms with van der Waals surface area (Å²) in [6, 6.07) is 0.262. The fourth-order valence-electron chi connectivity index (χ4n) is 1.85. The Morgan fingerprint density at radius 2 is 2.36 bits per heavy atom. The van der Waals surface area contributed by atoms with E-state index in [4.69, 9.17) is 5.11 Å². The number of nitrogens with one attached hydrogen (secondary N) is 1. The Labute approximate surface area is 90.7 Å². The quantitative estimate of drug-likeness (QED) is 0.620. The van der Waals surface area contributed by atoms with Gasteiger partial charge in [0.15, 0.2) is 0 Å². The molecule has 1 amide bonds. The summed E-state index contributed by atoms with van der Waals surface area (Å²) < 4.78 is 0. The van der Waals surface area contributed by atoms with E-state index in [1.807, 2.05) is 0 Å². The molecule has 1 aliphatic rings. The van der Waals surface area contributed by atoms with Gasteiger partial charge in [0.2, 0.25) is 5.91 Å². The number of aliphatic hydroxyl groups excluding tert-OH is 1. The van der Waals surface area contributed by atoms with Crippen molar-refractivity contribution < 1.29 is 9.90 Å². The molecule has 3 unspecified atom stereocenters. The highest BCUT2D eigenvalue weighted by Crippen LogP contribution is 2.22. The molecule has 82 valence electrons. The van der Waals surface area contributed by atoms with Crippen molar-refractivity contribution >= 4 is 18.5 Å². The molecule has 0 bridgehead atoms. The fraction of sp³-hybridized carbons (Fsp3) is 0.900. The van der Waals surface area contributed by atoms with Crippen molar-refractivity contribution in [2.24, 2.45) is 0 Å². The average molecular weight is 217 g/mol. The molecule has 4 heteroatoms. The summed E-state index contributed by atoms with van der Waals surface area (Å²) in [5.41, 5.74) is 0. The Morgan fingerprint density at radius 3 is 2.93 bits per heavy atom. The van der Waals surface area contributed by atoms with Crippen LogP contribution in [0.25, 0.3) is 0 Å². The summed E-state index contributed by atoms with van der Waals surface area (Å²) in [5, 5.41) is 12.4. The van der Waals surface area contributed by atoms with Gasteiger partial charge in [0.25, 0.3) is 0 Å². The maximum atomic E-state index is 11.3. The highest BCUT2D eigenvalue weighted by Gasteiger charge is 2.21. The third-order valence-corrected chi connectivity index (χ3v) is 2.96. The number of amides is 1. The molecule has 1 fully saturated rings. The number of hydrogen-bond acceptors (Lipinski definition) is 3. The maximum absolute atomic E-state index is 11.3. The summed E-state index contributed by atoms with van der Waals surface area (Å²) in [6.45, 7) is 1.63. The minimum absolute atomic E-state index is 0.0487. The third kappa shape index (κ3) is 4.33. The monoisotopic (exact) mass is 217 g/mol. The number of carbonyl (C=O) groups excluding carboxylic acids is 1. The SMILES string of the molecule is CC(O)CC(=O)NC1CCCC(S)C1. The number of rotatable bonds is 3. The first-order chi connectivity index (χ1) is 6.58. The van der Waals surface area contributed by atoms with E-state index < -0.39 is 6.10 Å². The first-order valence-electron chi connectivity index (χ1n) is 5.23. The Bertz CT molecular complexity index is 197. The molecule has 0 aromatic heterocycles. The molecule has 0 saturated heterocycles. The Balaban J connectivity index is 2.25. The molecule has 2 N–H and O–H groups in total. The molecule has 0 spiro atoms. The summed E-state index contributed by atoms with van der Waals surface area (Å²) in [5.74, 6) is -0.0487. The molecular weight excluding hydrogens is 198 g/mol. The Kier molecular flexibility index (Phi) is 4.75. The van der Waals surface area contributed by atoms with E-state index in [-0.39, 0.29) is 18.4 Å². The molecule has 1 saturated carbocycles. The minimum Gasteiger partial charge on any atom is -0.393 e. The molecule has 0 aromatic rings. The van der Waals surface area contributed by atoms with Gasteiger partial charge in [-0.1, -0.05) is 6.42 Å². The van der Waals surface area contributed by atoms with Crippen molar-refractivity contribution in [1.82, 2.24) is 5.32 Å². The van der Waals surface area contributed by atoms with Crippen molar-refractivity contribution in [1.29, 1.82) is 0 Å². The topological polar surface area (TPSA) is 49.3 Å². The summed E-state index contributed by atoms with van der Waals surface area (Å²) in [6.07, 6.45) is 3.93. The third-order valence-electron chi connectivity index (χ3n) is 2.49. The van der Waals surface area contributed by atoms with Gasteiger partial charge in [-0.2, -0.15) is 12.6 Å². The zero-order valence-electron chi connectivity index (χ0n) is 8.57. The second-order valence-electron chi connectivity index (χ2n) is 4.14. The van der Waals surface area contributed by atoms with Crippen LogP contribution in [0.2, 0.25) is 0 Å². The molecule has 1 rings (SSSR count). The molecule has 3 nitrogen and oxygen atoms in total. The largest absolute Gasteiger partial charge is 0.393 e. The standard InChI is InChI=1S/C10H19NO2S/c1-7(12)5-10(13)11-8-3-2-4-9(14)6-8/h7-9,12,14H,2-6H2,1H3,(H,11,13). The van der Waals surface area contributed by atoms with Gasteiger partial charge >= 0.3 is 0 Å². The van der Waals surface area contributed by atoms with Crippen LogP contribution in [-0.4, -0.2) is 28.4 Å². The van der Waals surface area contributed by atoms with E-state index in [1.165, 1.54) is 0 Å². The van der Waals surface area contributed by atoms with Crippen LogP contribution in [0.4, 0.5) is 0 Å². The van der Waals surface area contributed by atoms with Gasteiger partial charge in [-0.05, 0) is 26.2 Å². The normalized spacial score (nSPS) is 29.6. The lowest BCUT2D eigenvalue weighted by atomic mass is 9.95. The van der Waals surface area contributed by atoms with Crippen molar-refractivity contribution in [3.63, 3.8) is 0 Å². The highest BCUT2D eigenvalue weighted by atomic mass is 32.1. The molecule has 14 heavy (non-hydrogen) atoms. The van der Waals surface area contributed by atoms with E-state index in [9.17, 15) is 4.79 Å². The molecule has 0 radical (unpaired) electrons. The van der Waals surface area contributed by atoms with Crippen LogP contribution in [0.1, 0.15) is 39.0 Å². The zero-order chi connectivity index (χ0) is 10.6. The van der Waals surface area contributed by atoms with Gasteiger partial charge in [0.05, 0.1) is 12.5 Å². The van der Waals surface area contributed by atoms with Crippen LogP contribution >= 0.6 is 12.6 Å². The fourth-order valence-corrected chi connectivity index (χ4v) is 2.29. The lowest BCUT2D eigenvalue weighted by Gasteiger charge is -2.27. The Hall–Kier alpha value is -0.220. The van der Waals surface area contributed by atoms with E-state index >= 15 is 0 Å². The second kappa shape index (κ2) is 5.61. The molecular formula is C10H19NO2S. The van der Waals surface area contributed by atoms with Crippen molar-refractivity contribution in [2.45, 2.75) is 56.4 Å². The van der Waals surface area contributed by atoms with Gasteiger partial charge in [0, 0.05) is 11.3 Å². The van der Waals surface area contributed by atoms with Crippen molar-refractivity contribution in [3.05, 3.63) is 0 Å². The second-order valence-corrected chi connectivity index (χ2v) is 4.87. The summed E-state index contributed by atoms with van der Waals surface area (Å²) in [4.78, 5) is 11.3. The number of carbonyl (C=O) groups is 1. The van der Waals surface area contributed by atoms with Crippen LogP contribution < -0.4 is 5.32 Å². The van der Waals surface area contributed by atoms with E-state index in [0.29, 0.717) is 5.25 Å². The number of hydrogen-bond donors (Lipinski definition) is 3. The first-order valence-corrected chi connectivity index (χ1v) is 5.75. The van der Waals surface area contributed by atoms with Crippen LogP contribution in [0, 0.1) is 0 Å². The predicted octanol–water partition coefficient (Wildman–Crippen LogP) is 1.11. The van der Waals surface area contributed by atoms with Crippen LogP contribution in [0.15, 0.2) is 0 Å². The lowest BCUT2D eigenvalue weighted by molar-refractivity contribution is -0.123.